The molecule has 0 spiro atoms. The highest BCUT2D eigenvalue weighted by molar-refractivity contribution is 6.01. The maximum Gasteiger partial charge on any atom is 0.166 e. The number of hydrogen-bond acceptors (Lipinski definition) is 5. The summed E-state index contributed by atoms with van der Waals surface area (Å²) in [7, 11) is 0. The van der Waals surface area contributed by atoms with Gasteiger partial charge in [0.05, 0.1) is 17.2 Å². The van der Waals surface area contributed by atoms with Crippen molar-refractivity contribution in [2.75, 3.05) is 6.61 Å². The minimum absolute atomic E-state index is 0.0192. The molecule has 3 atom stereocenters. The molecular formula is C34H47NO4. The number of allylic oxidation sites excluding steroid dienone is 4. The number of fused-ring (bicyclic) bond motifs is 1. The first-order valence-electron chi connectivity index (χ1n) is 14.6. The van der Waals surface area contributed by atoms with Crippen LogP contribution in [0.5, 0.6) is 0 Å². The van der Waals surface area contributed by atoms with Crippen LogP contribution in [0.25, 0.3) is 0 Å². The molecule has 0 saturated carbocycles. The first-order valence-corrected chi connectivity index (χ1v) is 14.6. The number of nitriles is 1. The van der Waals surface area contributed by atoms with Crippen LogP contribution in [-0.4, -0.2) is 23.8 Å². The average Bonchev–Trinajstić information content (AvgIpc) is 2.91. The molecule has 3 rings (SSSR count). The minimum atomic E-state index is -1.15. The maximum atomic E-state index is 13.7. The van der Waals surface area contributed by atoms with Gasteiger partial charge in [-0.05, 0) is 91.0 Å². The van der Waals surface area contributed by atoms with E-state index in [1.807, 2.05) is 19.1 Å². The van der Waals surface area contributed by atoms with E-state index in [9.17, 15) is 20.0 Å². The zero-order valence-corrected chi connectivity index (χ0v) is 25.0. The van der Waals surface area contributed by atoms with Crippen LogP contribution in [0.1, 0.15) is 110 Å². The number of hydrogen-bond donors (Lipinski definition) is 1. The summed E-state index contributed by atoms with van der Waals surface area (Å²) in [5, 5.41) is 21.3. The Hall–Kier alpha value is -2.71. The minimum Gasteiger partial charge on any atom is -0.511 e. The smallest absolute Gasteiger partial charge is 0.166 e. The number of nitrogens with zero attached hydrogens (tertiary/aromatic N) is 1. The maximum absolute atomic E-state index is 13.7. The summed E-state index contributed by atoms with van der Waals surface area (Å²) in [6.45, 7) is 15.4. The van der Waals surface area contributed by atoms with E-state index < -0.39 is 5.60 Å². The second kappa shape index (κ2) is 12.2. The number of aliphatic hydroxyl groups is 1. The number of carbonyl (C=O) groups is 2. The van der Waals surface area contributed by atoms with Gasteiger partial charge in [-0.25, -0.2) is 0 Å². The molecule has 1 N–H and O–H groups in total. The first kappa shape index (κ1) is 30.8. The largest absolute Gasteiger partial charge is 0.511 e. The number of ketones is 1. The second-order valence-electron chi connectivity index (χ2n) is 13.6. The summed E-state index contributed by atoms with van der Waals surface area (Å²) in [5.41, 5.74) is 2.38. The van der Waals surface area contributed by atoms with E-state index >= 15 is 0 Å². The average molecular weight is 534 g/mol. The Morgan fingerprint density at radius 2 is 1.90 bits per heavy atom. The summed E-state index contributed by atoms with van der Waals surface area (Å²) in [6, 6.07) is 7.61. The number of ether oxygens (including phenoxy) is 1. The zero-order chi connectivity index (χ0) is 29.0. The molecule has 0 aliphatic heterocycles. The lowest BCUT2D eigenvalue weighted by atomic mass is 9.64. The lowest BCUT2D eigenvalue weighted by Crippen LogP contribution is -2.37. The Balaban J connectivity index is 2.03. The van der Waals surface area contributed by atoms with Crippen molar-refractivity contribution >= 4 is 12.1 Å². The van der Waals surface area contributed by atoms with Gasteiger partial charge in [-0.1, -0.05) is 60.1 Å². The molecule has 0 saturated heterocycles. The van der Waals surface area contributed by atoms with Gasteiger partial charge in [0, 0.05) is 18.9 Å². The fourth-order valence-corrected chi connectivity index (χ4v) is 6.62. The van der Waals surface area contributed by atoms with Gasteiger partial charge in [-0.15, -0.1) is 0 Å². The Morgan fingerprint density at radius 1 is 1.18 bits per heavy atom. The zero-order valence-electron chi connectivity index (χ0n) is 25.0. The molecule has 0 amide bonds. The summed E-state index contributed by atoms with van der Waals surface area (Å²) >= 11 is 0. The predicted octanol–water partition coefficient (Wildman–Crippen LogP) is 7.92. The monoisotopic (exact) mass is 533 g/mol. The molecule has 0 bridgehead atoms. The van der Waals surface area contributed by atoms with Crippen molar-refractivity contribution in [3.8, 4) is 6.07 Å². The van der Waals surface area contributed by atoms with Gasteiger partial charge in [0.2, 0.25) is 0 Å². The Bertz CT molecular complexity index is 1170. The number of aliphatic hydroxyl groups excluding tert-OH is 1. The fourth-order valence-electron chi connectivity index (χ4n) is 6.62. The molecule has 0 fully saturated rings. The van der Waals surface area contributed by atoms with E-state index in [0.717, 1.165) is 42.2 Å². The molecule has 0 radical (unpaired) electrons. The summed E-state index contributed by atoms with van der Waals surface area (Å²) in [5.74, 6) is 0.273. The number of benzene rings is 1. The molecule has 0 aromatic heterocycles. The van der Waals surface area contributed by atoms with Gasteiger partial charge in [0.1, 0.15) is 11.4 Å². The van der Waals surface area contributed by atoms with Crippen molar-refractivity contribution in [3.05, 3.63) is 57.9 Å². The first-order chi connectivity index (χ1) is 18.3. The van der Waals surface area contributed by atoms with Crippen molar-refractivity contribution in [1.29, 1.82) is 5.26 Å². The molecule has 5 nitrogen and oxygen atoms in total. The third-order valence-corrected chi connectivity index (χ3v) is 8.36. The van der Waals surface area contributed by atoms with Crippen molar-refractivity contribution in [1.82, 2.24) is 0 Å². The fraction of sp³-hybridized carbons (Fsp3) is 0.618. The van der Waals surface area contributed by atoms with Gasteiger partial charge in [-0.3, -0.25) is 9.59 Å². The Morgan fingerprint density at radius 3 is 2.49 bits per heavy atom. The van der Waals surface area contributed by atoms with Crippen LogP contribution in [0.2, 0.25) is 0 Å². The molecular weight excluding hydrogens is 486 g/mol. The van der Waals surface area contributed by atoms with Crippen LogP contribution in [0.15, 0.2) is 41.2 Å². The van der Waals surface area contributed by atoms with Gasteiger partial charge in [0.25, 0.3) is 0 Å². The van der Waals surface area contributed by atoms with E-state index in [0.29, 0.717) is 49.8 Å². The quantitative estimate of drug-likeness (QED) is 0.360. The van der Waals surface area contributed by atoms with E-state index in [1.54, 1.807) is 12.1 Å². The molecule has 3 unspecified atom stereocenters. The lowest BCUT2D eigenvalue weighted by molar-refractivity contribution is -0.133. The third kappa shape index (κ3) is 7.09. The molecule has 212 valence electrons. The second-order valence-corrected chi connectivity index (χ2v) is 13.6. The van der Waals surface area contributed by atoms with Crippen LogP contribution in [0.4, 0.5) is 0 Å². The number of aryl methyl sites for hydroxylation is 1. The molecule has 1 aromatic rings. The van der Waals surface area contributed by atoms with E-state index in [2.05, 4.69) is 47.6 Å². The summed E-state index contributed by atoms with van der Waals surface area (Å²) < 4.78 is 6.06. The number of carbonyl (C=O) groups excluding carboxylic acids is 2. The van der Waals surface area contributed by atoms with Crippen LogP contribution in [0.3, 0.4) is 0 Å². The molecule has 5 heteroatoms. The van der Waals surface area contributed by atoms with Crippen molar-refractivity contribution in [2.45, 2.75) is 105 Å². The number of aldehydes is 1. The SMILES string of the molecule is CCOC1(C=O)CC/C=C(/C2=C(O)C(C(C)(C)C)C(CCCC(C)(C)C)CC2=O)CCc2ccc(C#N)cc21. The van der Waals surface area contributed by atoms with E-state index in [4.69, 9.17) is 4.74 Å². The van der Waals surface area contributed by atoms with E-state index in [-0.39, 0.29) is 34.2 Å². The van der Waals surface area contributed by atoms with Gasteiger partial charge < -0.3 is 9.84 Å². The molecule has 2 aliphatic carbocycles. The summed E-state index contributed by atoms with van der Waals surface area (Å²) in [4.78, 5) is 26.2. The molecule has 1 aromatic carbocycles. The van der Waals surface area contributed by atoms with Crippen LogP contribution in [-0.2, 0) is 26.3 Å². The molecule has 2 aliphatic rings. The molecule has 39 heavy (non-hydrogen) atoms. The lowest BCUT2D eigenvalue weighted by Gasteiger charge is -2.41. The normalized spacial score (nSPS) is 26.0. The Kier molecular flexibility index (Phi) is 9.65. The highest BCUT2D eigenvalue weighted by Crippen LogP contribution is 2.47. The number of Topliss-reactive ketones (excluding diaryl/α,β-unsaturated/α-hetero) is 1. The van der Waals surface area contributed by atoms with Gasteiger partial charge in [0.15, 0.2) is 12.1 Å². The number of rotatable bonds is 7. The highest BCUT2D eigenvalue weighted by atomic mass is 16.5. The molecule has 0 heterocycles. The van der Waals surface area contributed by atoms with E-state index in [1.165, 1.54) is 0 Å². The van der Waals surface area contributed by atoms with Crippen LogP contribution in [0, 0.1) is 34.0 Å². The highest BCUT2D eigenvalue weighted by Gasteiger charge is 2.43. The Labute approximate surface area is 235 Å². The standard InChI is InChI=1S/C34H47NO4/c1-8-39-34(22-36)18-10-11-25(16-15-24-14-13-23(21-35)19-27(24)34)29-28(37)20-26(12-9-17-32(2,3)4)30(31(29)38)33(5,6)7/h11,13-14,19,22,26,30,38H,8-10,12,15-18,20H2,1-7H3/b25-11+. The van der Waals surface area contributed by atoms with Crippen LogP contribution < -0.4 is 0 Å². The van der Waals surface area contributed by atoms with Gasteiger partial charge >= 0.3 is 0 Å². The summed E-state index contributed by atoms with van der Waals surface area (Å²) in [6.07, 6.45) is 8.43. The van der Waals surface area contributed by atoms with Crippen molar-refractivity contribution < 1.29 is 19.4 Å². The predicted molar refractivity (Wildman–Crippen MR) is 155 cm³/mol. The van der Waals surface area contributed by atoms with Crippen molar-refractivity contribution in [3.63, 3.8) is 0 Å². The van der Waals surface area contributed by atoms with Crippen LogP contribution >= 0.6 is 0 Å². The topological polar surface area (TPSA) is 87.4 Å². The van der Waals surface area contributed by atoms with Gasteiger partial charge in [-0.2, -0.15) is 5.26 Å². The third-order valence-electron chi connectivity index (χ3n) is 8.36. The van der Waals surface area contributed by atoms with Crippen molar-refractivity contribution in [2.24, 2.45) is 22.7 Å².